The van der Waals surface area contributed by atoms with Gasteiger partial charge in [-0.25, -0.2) is 9.97 Å². The number of aromatic nitrogens is 2. The number of nitrogens with one attached hydrogen (secondary N) is 1. The standard InChI is InChI=1S/C11H14ClN3S/c1-3-5-7-6-8-9(12)14-11(13-4-2)15-10(8)16-7/h6H,3-5H2,1-2H3,(H,13,14,15). The first kappa shape index (κ1) is 11.6. The van der Waals surface area contributed by atoms with Crippen molar-refractivity contribution in [3.05, 3.63) is 16.1 Å². The summed E-state index contributed by atoms with van der Waals surface area (Å²) >= 11 is 7.83. The van der Waals surface area contributed by atoms with Gasteiger partial charge in [0.2, 0.25) is 5.95 Å². The van der Waals surface area contributed by atoms with E-state index in [1.54, 1.807) is 11.3 Å². The molecule has 2 aromatic rings. The Morgan fingerprint density at radius 2 is 2.19 bits per heavy atom. The maximum absolute atomic E-state index is 6.13. The summed E-state index contributed by atoms with van der Waals surface area (Å²) in [7, 11) is 0. The summed E-state index contributed by atoms with van der Waals surface area (Å²) in [5.74, 6) is 0.616. The first-order valence-electron chi connectivity index (χ1n) is 5.44. The van der Waals surface area contributed by atoms with E-state index in [0.717, 1.165) is 29.6 Å². The molecule has 2 rings (SSSR count). The van der Waals surface area contributed by atoms with Crippen LogP contribution in [0.5, 0.6) is 0 Å². The van der Waals surface area contributed by atoms with Gasteiger partial charge in [-0.3, -0.25) is 0 Å². The highest BCUT2D eigenvalue weighted by Gasteiger charge is 2.09. The lowest BCUT2D eigenvalue weighted by atomic mass is 10.3. The molecule has 2 aromatic heterocycles. The van der Waals surface area contributed by atoms with Gasteiger partial charge in [0.05, 0.1) is 0 Å². The fraction of sp³-hybridized carbons (Fsp3) is 0.455. The molecule has 0 aliphatic rings. The SMILES string of the molecule is CCCc1cc2c(Cl)nc(NCC)nc2s1. The normalized spacial score (nSPS) is 10.9. The molecule has 0 amide bonds. The van der Waals surface area contributed by atoms with Crippen LogP contribution >= 0.6 is 22.9 Å². The monoisotopic (exact) mass is 255 g/mol. The molecule has 16 heavy (non-hydrogen) atoms. The van der Waals surface area contributed by atoms with Crippen molar-refractivity contribution in [2.24, 2.45) is 0 Å². The molecule has 0 saturated heterocycles. The Morgan fingerprint density at radius 3 is 2.88 bits per heavy atom. The van der Waals surface area contributed by atoms with Gasteiger partial charge in [0, 0.05) is 16.8 Å². The average Bonchev–Trinajstić information content (AvgIpc) is 2.62. The molecule has 0 spiro atoms. The Labute approximate surface area is 104 Å². The summed E-state index contributed by atoms with van der Waals surface area (Å²) in [6, 6.07) is 2.10. The lowest BCUT2D eigenvalue weighted by Crippen LogP contribution is -2.01. The molecule has 2 heterocycles. The van der Waals surface area contributed by atoms with Crippen LogP contribution in [0.15, 0.2) is 6.07 Å². The van der Waals surface area contributed by atoms with Gasteiger partial charge in [0.25, 0.3) is 0 Å². The number of anilines is 1. The summed E-state index contributed by atoms with van der Waals surface area (Å²) in [5, 5.41) is 4.59. The summed E-state index contributed by atoms with van der Waals surface area (Å²) in [6.07, 6.45) is 2.21. The van der Waals surface area contributed by atoms with E-state index in [9.17, 15) is 0 Å². The highest BCUT2D eigenvalue weighted by Crippen LogP contribution is 2.30. The number of nitrogens with zero attached hydrogens (tertiary/aromatic N) is 2. The van der Waals surface area contributed by atoms with Crippen molar-refractivity contribution in [2.75, 3.05) is 11.9 Å². The zero-order valence-corrected chi connectivity index (χ0v) is 11.0. The number of hydrogen-bond acceptors (Lipinski definition) is 4. The van der Waals surface area contributed by atoms with Crippen LogP contribution in [0.3, 0.4) is 0 Å². The summed E-state index contributed by atoms with van der Waals surface area (Å²) in [6.45, 7) is 4.98. The lowest BCUT2D eigenvalue weighted by molar-refractivity contribution is 0.940. The highest BCUT2D eigenvalue weighted by molar-refractivity contribution is 7.18. The predicted octanol–water partition coefficient (Wildman–Crippen LogP) is 3.73. The summed E-state index contributed by atoms with van der Waals surface area (Å²) < 4.78 is 0. The Kier molecular flexibility index (Phi) is 3.61. The second-order valence-corrected chi connectivity index (χ2v) is 5.02. The van der Waals surface area contributed by atoms with E-state index in [1.165, 1.54) is 4.88 Å². The zero-order chi connectivity index (χ0) is 11.5. The van der Waals surface area contributed by atoms with Crippen LogP contribution in [0.2, 0.25) is 5.15 Å². The minimum absolute atomic E-state index is 0.541. The highest BCUT2D eigenvalue weighted by atomic mass is 35.5. The number of rotatable bonds is 4. The van der Waals surface area contributed by atoms with Crippen LogP contribution in [-0.2, 0) is 6.42 Å². The Morgan fingerprint density at radius 1 is 1.38 bits per heavy atom. The van der Waals surface area contributed by atoms with Gasteiger partial charge in [-0.2, -0.15) is 0 Å². The van der Waals surface area contributed by atoms with E-state index in [-0.39, 0.29) is 0 Å². The molecule has 0 radical (unpaired) electrons. The third-order valence-corrected chi connectivity index (χ3v) is 3.61. The molecular formula is C11H14ClN3S. The predicted molar refractivity (Wildman–Crippen MR) is 70.6 cm³/mol. The molecule has 0 unspecified atom stereocenters. The fourth-order valence-electron chi connectivity index (χ4n) is 1.54. The van der Waals surface area contributed by atoms with E-state index < -0.39 is 0 Å². The van der Waals surface area contributed by atoms with Gasteiger partial charge in [0.1, 0.15) is 9.98 Å². The van der Waals surface area contributed by atoms with Gasteiger partial charge in [-0.05, 0) is 19.4 Å². The van der Waals surface area contributed by atoms with Gasteiger partial charge in [-0.15, -0.1) is 11.3 Å². The van der Waals surface area contributed by atoms with Crippen LogP contribution in [0.1, 0.15) is 25.1 Å². The number of thiophene rings is 1. The number of fused-ring (bicyclic) bond motifs is 1. The van der Waals surface area contributed by atoms with Crippen LogP contribution in [0.25, 0.3) is 10.2 Å². The first-order chi connectivity index (χ1) is 7.74. The molecule has 0 fully saturated rings. The van der Waals surface area contributed by atoms with Crippen molar-refractivity contribution in [1.82, 2.24) is 9.97 Å². The third-order valence-electron chi connectivity index (χ3n) is 2.23. The average molecular weight is 256 g/mol. The van der Waals surface area contributed by atoms with Gasteiger partial charge >= 0.3 is 0 Å². The fourth-order valence-corrected chi connectivity index (χ4v) is 2.95. The second-order valence-electron chi connectivity index (χ2n) is 3.55. The molecule has 0 bridgehead atoms. The van der Waals surface area contributed by atoms with E-state index in [2.05, 4.69) is 28.3 Å². The Hall–Kier alpha value is -0.870. The van der Waals surface area contributed by atoms with Crippen LogP contribution in [0, 0.1) is 0 Å². The van der Waals surface area contributed by atoms with Crippen LogP contribution < -0.4 is 5.32 Å². The maximum Gasteiger partial charge on any atom is 0.225 e. The van der Waals surface area contributed by atoms with Crippen molar-refractivity contribution < 1.29 is 0 Å². The van der Waals surface area contributed by atoms with E-state index >= 15 is 0 Å². The zero-order valence-electron chi connectivity index (χ0n) is 9.38. The summed E-state index contributed by atoms with van der Waals surface area (Å²) in [5.41, 5.74) is 0. The Bertz CT molecular complexity index is 495. The smallest absolute Gasteiger partial charge is 0.225 e. The minimum atomic E-state index is 0.541. The molecular weight excluding hydrogens is 242 g/mol. The van der Waals surface area contributed by atoms with Crippen molar-refractivity contribution in [2.45, 2.75) is 26.7 Å². The largest absolute Gasteiger partial charge is 0.354 e. The molecule has 0 saturated carbocycles. The third kappa shape index (κ3) is 2.28. The van der Waals surface area contributed by atoms with Crippen molar-refractivity contribution >= 4 is 39.1 Å². The molecule has 0 atom stereocenters. The Balaban J connectivity index is 2.45. The topological polar surface area (TPSA) is 37.8 Å². The van der Waals surface area contributed by atoms with Crippen molar-refractivity contribution in [3.8, 4) is 0 Å². The van der Waals surface area contributed by atoms with Crippen molar-refractivity contribution in [1.29, 1.82) is 0 Å². The molecule has 5 heteroatoms. The maximum atomic E-state index is 6.13. The molecule has 86 valence electrons. The van der Waals surface area contributed by atoms with Gasteiger partial charge in [0.15, 0.2) is 0 Å². The quantitative estimate of drug-likeness (QED) is 0.846. The van der Waals surface area contributed by atoms with Gasteiger partial charge < -0.3 is 5.32 Å². The second kappa shape index (κ2) is 4.97. The minimum Gasteiger partial charge on any atom is -0.354 e. The number of hydrogen-bond donors (Lipinski definition) is 1. The molecule has 0 aliphatic heterocycles. The number of halogens is 1. The molecule has 3 nitrogen and oxygen atoms in total. The van der Waals surface area contributed by atoms with E-state index in [4.69, 9.17) is 11.6 Å². The van der Waals surface area contributed by atoms with Crippen LogP contribution in [-0.4, -0.2) is 16.5 Å². The van der Waals surface area contributed by atoms with E-state index in [1.807, 2.05) is 6.92 Å². The molecule has 1 N–H and O–H groups in total. The first-order valence-corrected chi connectivity index (χ1v) is 6.63. The summed E-state index contributed by atoms with van der Waals surface area (Å²) in [4.78, 5) is 10.9. The number of aryl methyl sites for hydroxylation is 1. The van der Waals surface area contributed by atoms with Crippen molar-refractivity contribution in [3.63, 3.8) is 0 Å². The molecule has 0 aliphatic carbocycles. The van der Waals surface area contributed by atoms with E-state index in [0.29, 0.717) is 11.1 Å². The van der Waals surface area contributed by atoms with Gasteiger partial charge in [-0.1, -0.05) is 24.9 Å². The molecule has 0 aromatic carbocycles. The lowest BCUT2D eigenvalue weighted by Gasteiger charge is -2.01. The van der Waals surface area contributed by atoms with Crippen LogP contribution in [0.4, 0.5) is 5.95 Å².